The van der Waals surface area contributed by atoms with Crippen LogP contribution in [0.3, 0.4) is 0 Å². The topological polar surface area (TPSA) is 77.7 Å². The average Bonchev–Trinajstić information content (AvgIpc) is 3.14. The van der Waals surface area contributed by atoms with Crippen molar-refractivity contribution in [3.05, 3.63) is 58.9 Å². The van der Waals surface area contributed by atoms with Gasteiger partial charge >= 0.3 is 0 Å². The van der Waals surface area contributed by atoms with E-state index in [-0.39, 0.29) is 19.1 Å². The minimum absolute atomic E-state index is 0.101. The molecule has 0 N–H and O–H groups in total. The minimum atomic E-state index is -0.208. The van der Waals surface area contributed by atoms with Crippen molar-refractivity contribution in [1.29, 1.82) is 0 Å². The summed E-state index contributed by atoms with van der Waals surface area (Å²) in [6, 6.07) is 14.7. The zero-order valence-electron chi connectivity index (χ0n) is 14.9. The number of aromatic nitrogens is 2. The van der Waals surface area contributed by atoms with E-state index < -0.39 is 0 Å². The van der Waals surface area contributed by atoms with E-state index in [0.29, 0.717) is 23.2 Å². The van der Waals surface area contributed by atoms with E-state index in [2.05, 4.69) is 26.1 Å². The molecule has 0 bridgehead atoms. The Morgan fingerprint density at radius 3 is 2.74 bits per heavy atom. The Labute approximate surface area is 165 Å². The van der Waals surface area contributed by atoms with Gasteiger partial charge in [0.2, 0.25) is 11.7 Å². The number of carbonyl (C=O) groups excluding carboxylic acids is 1. The highest BCUT2D eigenvalue weighted by atomic mass is 79.9. The highest BCUT2D eigenvalue weighted by molar-refractivity contribution is 9.10. The molecule has 0 unspecified atom stereocenters. The average molecular weight is 432 g/mol. The van der Waals surface area contributed by atoms with Gasteiger partial charge in [0.1, 0.15) is 11.5 Å². The number of likely N-dealkylation sites (N-methyl/N-ethyl adjacent to an activating group) is 1. The molecule has 0 aliphatic rings. The number of nitrogens with zero attached hydrogens (tertiary/aromatic N) is 3. The van der Waals surface area contributed by atoms with E-state index >= 15 is 0 Å². The van der Waals surface area contributed by atoms with Crippen molar-refractivity contribution in [3.63, 3.8) is 0 Å². The van der Waals surface area contributed by atoms with Crippen LogP contribution in [0.2, 0.25) is 0 Å². The van der Waals surface area contributed by atoms with Crippen LogP contribution in [0.1, 0.15) is 5.89 Å². The van der Waals surface area contributed by atoms with Gasteiger partial charge in [-0.25, -0.2) is 0 Å². The molecule has 0 saturated carbocycles. The monoisotopic (exact) mass is 431 g/mol. The minimum Gasteiger partial charge on any atom is -0.497 e. The van der Waals surface area contributed by atoms with Gasteiger partial charge in [-0.05, 0) is 24.3 Å². The Hall–Kier alpha value is -2.87. The lowest BCUT2D eigenvalue weighted by Crippen LogP contribution is -2.31. The van der Waals surface area contributed by atoms with E-state index in [0.717, 1.165) is 10.0 Å². The Bertz CT molecular complexity index is 929. The molecule has 7 nitrogen and oxygen atoms in total. The first-order valence-corrected chi connectivity index (χ1v) is 8.94. The molecule has 0 spiro atoms. The van der Waals surface area contributed by atoms with Crippen LogP contribution in [0.15, 0.2) is 57.5 Å². The van der Waals surface area contributed by atoms with Gasteiger partial charge in [-0.1, -0.05) is 39.3 Å². The lowest BCUT2D eigenvalue weighted by atomic mass is 10.2. The van der Waals surface area contributed by atoms with Gasteiger partial charge in [-0.2, -0.15) is 4.98 Å². The summed E-state index contributed by atoms with van der Waals surface area (Å²) in [6.07, 6.45) is 0. The molecule has 1 amide bonds. The predicted octanol–water partition coefficient (Wildman–Crippen LogP) is 3.55. The first-order valence-electron chi connectivity index (χ1n) is 8.14. The van der Waals surface area contributed by atoms with Crippen LogP contribution in [-0.2, 0) is 11.3 Å². The van der Waals surface area contributed by atoms with E-state index in [4.69, 9.17) is 14.0 Å². The molecule has 0 radical (unpaired) electrons. The summed E-state index contributed by atoms with van der Waals surface area (Å²) in [5, 5.41) is 3.96. The van der Waals surface area contributed by atoms with Crippen molar-refractivity contribution in [1.82, 2.24) is 15.0 Å². The van der Waals surface area contributed by atoms with Crippen molar-refractivity contribution in [3.8, 4) is 22.9 Å². The molecule has 0 aliphatic heterocycles. The lowest BCUT2D eigenvalue weighted by Gasteiger charge is -2.15. The second kappa shape index (κ2) is 8.68. The van der Waals surface area contributed by atoms with Crippen LogP contribution in [0.25, 0.3) is 11.4 Å². The number of methoxy groups -OCH3 is 1. The van der Waals surface area contributed by atoms with Crippen molar-refractivity contribution in [2.45, 2.75) is 6.54 Å². The number of benzene rings is 2. The summed E-state index contributed by atoms with van der Waals surface area (Å²) < 4.78 is 16.8. The fourth-order valence-electron chi connectivity index (χ4n) is 2.30. The Morgan fingerprint density at radius 2 is 1.96 bits per heavy atom. The van der Waals surface area contributed by atoms with E-state index in [9.17, 15) is 4.79 Å². The fourth-order valence-corrected chi connectivity index (χ4v) is 2.70. The fraction of sp³-hybridized carbons (Fsp3) is 0.211. The van der Waals surface area contributed by atoms with Gasteiger partial charge in [0.05, 0.1) is 13.7 Å². The summed E-state index contributed by atoms with van der Waals surface area (Å²) in [6.45, 7) is 0.0948. The summed E-state index contributed by atoms with van der Waals surface area (Å²) in [4.78, 5) is 18.1. The van der Waals surface area contributed by atoms with E-state index in [1.54, 1.807) is 38.4 Å². The van der Waals surface area contributed by atoms with Crippen LogP contribution in [-0.4, -0.2) is 41.7 Å². The molecule has 0 aliphatic carbocycles. The summed E-state index contributed by atoms with van der Waals surface area (Å²) in [7, 11) is 3.23. The molecular formula is C19H18BrN3O4. The first kappa shape index (κ1) is 18.9. The molecule has 27 heavy (non-hydrogen) atoms. The predicted molar refractivity (Wildman–Crippen MR) is 102 cm³/mol. The maximum absolute atomic E-state index is 12.3. The van der Waals surface area contributed by atoms with Crippen LogP contribution in [0.5, 0.6) is 11.5 Å². The summed E-state index contributed by atoms with van der Waals surface area (Å²) >= 11 is 3.41. The van der Waals surface area contributed by atoms with Crippen molar-refractivity contribution < 1.29 is 18.8 Å². The van der Waals surface area contributed by atoms with Gasteiger partial charge in [0.25, 0.3) is 5.91 Å². The largest absolute Gasteiger partial charge is 0.497 e. The molecular weight excluding hydrogens is 414 g/mol. The number of ether oxygens (including phenoxy) is 2. The van der Waals surface area contributed by atoms with Crippen molar-refractivity contribution in [2.75, 3.05) is 20.8 Å². The van der Waals surface area contributed by atoms with E-state index in [1.165, 1.54) is 4.90 Å². The third-order valence-electron chi connectivity index (χ3n) is 3.75. The molecule has 0 fully saturated rings. The first-order chi connectivity index (χ1) is 13.0. The van der Waals surface area contributed by atoms with Crippen LogP contribution in [0.4, 0.5) is 0 Å². The highest BCUT2D eigenvalue weighted by Crippen LogP contribution is 2.21. The Kier molecular flexibility index (Phi) is 6.08. The third-order valence-corrected chi connectivity index (χ3v) is 4.25. The molecule has 3 aromatic rings. The normalized spacial score (nSPS) is 10.5. The quantitative estimate of drug-likeness (QED) is 0.569. The zero-order chi connectivity index (χ0) is 19.2. The molecule has 1 heterocycles. The molecule has 8 heteroatoms. The molecule has 0 saturated heterocycles. The molecule has 3 rings (SSSR count). The van der Waals surface area contributed by atoms with Crippen molar-refractivity contribution in [2.24, 2.45) is 0 Å². The Morgan fingerprint density at radius 1 is 1.19 bits per heavy atom. The molecule has 2 aromatic carbocycles. The molecule has 1 aromatic heterocycles. The summed E-state index contributed by atoms with van der Waals surface area (Å²) in [5.41, 5.74) is 0.828. The number of halogens is 1. The SMILES string of the molecule is COc1cccc(OCC(=O)N(C)Cc2nc(-c3cccc(Br)c3)no2)c1. The van der Waals surface area contributed by atoms with Crippen molar-refractivity contribution >= 4 is 21.8 Å². The number of hydrogen-bond donors (Lipinski definition) is 0. The van der Waals surface area contributed by atoms with Crippen LogP contribution < -0.4 is 9.47 Å². The second-order valence-corrected chi connectivity index (χ2v) is 6.66. The zero-order valence-corrected chi connectivity index (χ0v) is 16.5. The van der Waals surface area contributed by atoms with E-state index in [1.807, 2.05) is 24.3 Å². The maximum atomic E-state index is 12.3. The Balaban J connectivity index is 1.56. The third kappa shape index (κ3) is 5.07. The van der Waals surface area contributed by atoms with Gasteiger partial charge in [0.15, 0.2) is 6.61 Å². The standard InChI is InChI=1S/C19H18BrN3O4/c1-23(18(24)12-26-16-8-4-7-15(10-16)25-2)11-17-21-19(22-27-17)13-5-3-6-14(20)9-13/h3-10H,11-12H2,1-2H3. The number of rotatable bonds is 7. The summed E-state index contributed by atoms with van der Waals surface area (Å²) in [5.74, 6) is 1.84. The second-order valence-electron chi connectivity index (χ2n) is 5.74. The smallest absolute Gasteiger partial charge is 0.260 e. The number of hydrogen-bond acceptors (Lipinski definition) is 6. The van der Waals surface area contributed by atoms with Gasteiger partial charge < -0.3 is 18.9 Å². The van der Waals surface area contributed by atoms with Gasteiger partial charge in [0, 0.05) is 23.2 Å². The van der Waals surface area contributed by atoms with Gasteiger partial charge in [-0.3, -0.25) is 4.79 Å². The van der Waals surface area contributed by atoms with Crippen LogP contribution in [0, 0.1) is 0 Å². The number of amides is 1. The number of carbonyl (C=O) groups is 1. The molecule has 140 valence electrons. The van der Waals surface area contributed by atoms with Gasteiger partial charge in [-0.15, -0.1) is 0 Å². The van der Waals surface area contributed by atoms with Crippen LogP contribution >= 0.6 is 15.9 Å². The molecule has 0 atom stereocenters. The lowest BCUT2D eigenvalue weighted by molar-refractivity contribution is -0.132. The highest BCUT2D eigenvalue weighted by Gasteiger charge is 2.15. The maximum Gasteiger partial charge on any atom is 0.260 e.